The summed E-state index contributed by atoms with van der Waals surface area (Å²) >= 11 is 6.45. The van der Waals surface area contributed by atoms with Crippen molar-refractivity contribution >= 4 is 35.3 Å². The van der Waals surface area contributed by atoms with Gasteiger partial charge in [0.15, 0.2) is 0 Å². The number of rotatable bonds is 34. The van der Waals surface area contributed by atoms with Gasteiger partial charge in [-0.1, -0.05) is 175 Å². The van der Waals surface area contributed by atoms with Crippen molar-refractivity contribution in [1.29, 1.82) is 0 Å². The van der Waals surface area contributed by atoms with E-state index in [2.05, 4.69) is 75.1 Å². The normalized spacial score (nSPS) is 11.5. The molecule has 1 rings (SSSR count). The maximum atomic E-state index is 4.28. The summed E-state index contributed by atoms with van der Waals surface area (Å²) in [7, 11) is 0. The van der Waals surface area contributed by atoms with Gasteiger partial charge < -0.3 is 0 Å². The van der Waals surface area contributed by atoms with Gasteiger partial charge in [0, 0.05) is 14.7 Å². The molecule has 0 N–H and O–H groups in total. The molecular weight excluding hydrogens is 589 g/mol. The number of benzene rings is 1. The monoisotopic (exact) mass is 664 g/mol. The van der Waals surface area contributed by atoms with Gasteiger partial charge in [0.2, 0.25) is 0 Å². The highest BCUT2D eigenvalue weighted by molar-refractivity contribution is 8.03. The fraction of sp³-hybridized carbons (Fsp3) is 0.829. The van der Waals surface area contributed by atoms with E-state index in [0.717, 1.165) is 6.42 Å². The second-order valence-electron chi connectivity index (χ2n) is 13.2. The fourth-order valence-corrected chi connectivity index (χ4v) is 9.72. The quantitative estimate of drug-likeness (QED) is 0.0532. The first-order valence-corrected chi connectivity index (χ1v) is 22.6. The van der Waals surface area contributed by atoms with E-state index in [0.29, 0.717) is 0 Å². The van der Waals surface area contributed by atoms with E-state index in [-0.39, 0.29) is 0 Å². The Hall–Kier alpha value is 0.270. The van der Waals surface area contributed by atoms with E-state index in [4.69, 9.17) is 0 Å². The predicted octanol–water partition coefficient (Wildman–Crippen LogP) is 15.9. The zero-order valence-corrected chi connectivity index (χ0v) is 32.5. The molecule has 0 amide bonds. The van der Waals surface area contributed by atoms with Crippen molar-refractivity contribution in [3.63, 3.8) is 0 Å². The van der Waals surface area contributed by atoms with Gasteiger partial charge in [-0.2, -0.15) is 0 Å². The van der Waals surface area contributed by atoms with Gasteiger partial charge in [-0.25, -0.2) is 0 Å². The molecule has 0 bridgehead atoms. The SMILES string of the molecule is [CH2]Cc1cc(SCCCCCCCCCCC)c(SCCCCCCCCCCC)c(SCCCCCCCCCCC)c1. The summed E-state index contributed by atoms with van der Waals surface area (Å²) in [5, 5.41) is 0. The molecule has 0 aliphatic carbocycles. The first-order valence-electron chi connectivity index (χ1n) is 19.6. The van der Waals surface area contributed by atoms with E-state index in [1.54, 1.807) is 14.7 Å². The van der Waals surface area contributed by atoms with Crippen molar-refractivity contribution in [1.82, 2.24) is 0 Å². The number of thioether (sulfide) groups is 3. The van der Waals surface area contributed by atoms with Gasteiger partial charge in [-0.05, 0) is 67.6 Å². The molecule has 0 fully saturated rings. The van der Waals surface area contributed by atoms with Crippen LogP contribution in [0.4, 0.5) is 0 Å². The lowest BCUT2D eigenvalue weighted by Gasteiger charge is -2.16. The molecule has 0 nitrogen and oxygen atoms in total. The van der Waals surface area contributed by atoms with E-state index >= 15 is 0 Å². The third kappa shape index (κ3) is 24.4. The smallest absolute Gasteiger partial charge is 0.0344 e. The Bertz CT molecular complexity index is 686. The van der Waals surface area contributed by atoms with Crippen LogP contribution >= 0.6 is 35.3 Å². The summed E-state index contributed by atoms with van der Waals surface area (Å²) in [6.45, 7) is 11.2. The molecule has 0 atom stereocenters. The summed E-state index contributed by atoms with van der Waals surface area (Å²) in [5.41, 5.74) is 1.43. The molecule has 1 aromatic carbocycles. The molecule has 0 aromatic heterocycles. The number of unbranched alkanes of at least 4 members (excludes halogenated alkanes) is 24. The Balaban J connectivity index is 2.57. The van der Waals surface area contributed by atoms with Crippen LogP contribution in [-0.4, -0.2) is 17.3 Å². The molecule has 0 heterocycles. The Morgan fingerprint density at radius 2 is 0.659 bits per heavy atom. The third-order valence-corrected chi connectivity index (χ3v) is 12.6. The Morgan fingerprint density at radius 1 is 0.386 bits per heavy atom. The summed E-state index contributed by atoms with van der Waals surface area (Å²) in [6, 6.07) is 4.99. The molecule has 0 aliphatic heterocycles. The maximum Gasteiger partial charge on any atom is 0.0344 e. The Morgan fingerprint density at radius 3 is 0.955 bits per heavy atom. The minimum Gasteiger partial charge on any atom is -0.125 e. The first-order chi connectivity index (χ1) is 21.8. The van der Waals surface area contributed by atoms with Crippen LogP contribution in [-0.2, 0) is 6.42 Å². The average molecular weight is 664 g/mol. The summed E-state index contributed by atoms with van der Waals surface area (Å²) < 4.78 is 0. The van der Waals surface area contributed by atoms with Crippen LogP contribution in [0.3, 0.4) is 0 Å². The van der Waals surface area contributed by atoms with Gasteiger partial charge in [0.05, 0.1) is 0 Å². The molecule has 1 radical (unpaired) electrons. The standard InChI is InChI=1S/C41H75S3/c1-5-9-12-15-18-21-24-27-30-33-42-39-36-38(8-4)37-40(43-34-31-28-25-22-19-16-13-10-6-2)41(39)44-35-32-29-26-23-20-17-14-11-7-3/h36-37H,4-35H2,1-3H3. The summed E-state index contributed by atoms with van der Waals surface area (Å²) in [5.74, 6) is 3.81. The molecule has 257 valence electrons. The van der Waals surface area contributed by atoms with Crippen molar-refractivity contribution in [2.45, 2.75) is 215 Å². The van der Waals surface area contributed by atoms with Crippen molar-refractivity contribution in [2.75, 3.05) is 17.3 Å². The van der Waals surface area contributed by atoms with Crippen molar-refractivity contribution in [3.8, 4) is 0 Å². The summed E-state index contributed by atoms with van der Waals surface area (Å²) in [6.07, 6.45) is 39.1. The molecule has 44 heavy (non-hydrogen) atoms. The van der Waals surface area contributed by atoms with E-state index in [9.17, 15) is 0 Å². The Labute approximate surface area is 291 Å². The van der Waals surface area contributed by atoms with Crippen LogP contribution < -0.4 is 0 Å². The molecule has 3 heteroatoms. The molecular formula is C41H75S3. The van der Waals surface area contributed by atoms with Crippen LogP contribution in [0.2, 0.25) is 0 Å². The summed E-state index contributed by atoms with van der Waals surface area (Å²) in [4.78, 5) is 4.71. The van der Waals surface area contributed by atoms with E-state index in [1.807, 2.05) is 0 Å². The lowest BCUT2D eigenvalue weighted by atomic mass is 10.1. The first kappa shape index (κ1) is 42.3. The molecule has 0 saturated heterocycles. The van der Waals surface area contributed by atoms with Gasteiger partial charge >= 0.3 is 0 Å². The molecule has 1 aromatic rings. The highest BCUT2D eigenvalue weighted by atomic mass is 32.2. The third-order valence-electron chi connectivity index (χ3n) is 8.87. The maximum absolute atomic E-state index is 4.28. The largest absolute Gasteiger partial charge is 0.125 e. The van der Waals surface area contributed by atoms with Gasteiger partial charge in [-0.15, -0.1) is 35.3 Å². The molecule has 0 spiro atoms. The van der Waals surface area contributed by atoms with Crippen LogP contribution in [0.25, 0.3) is 0 Å². The van der Waals surface area contributed by atoms with Crippen LogP contribution in [0.15, 0.2) is 26.8 Å². The zero-order valence-electron chi connectivity index (χ0n) is 30.0. The lowest BCUT2D eigenvalue weighted by molar-refractivity contribution is 0.573. The van der Waals surface area contributed by atoms with Gasteiger partial charge in [0.1, 0.15) is 0 Å². The highest BCUT2D eigenvalue weighted by Crippen LogP contribution is 2.41. The molecule has 0 unspecified atom stereocenters. The van der Waals surface area contributed by atoms with Gasteiger partial charge in [0.25, 0.3) is 0 Å². The van der Waals surface area contributed by atoms with Crippen molar-refractivity contribution < 1.29 is 0 Å². The lowest BCUT2D eigenvalue weighted by Crippen LogP contribution is -1.94. The van der Waals surface area contributed by atoms with Crippen molar-refractivity contribution in [3.05, 3.63) is 24.6 Å². The van der Waals surface area contributed by atoms with Crippen molar-refractivity contribution in [2.24, 2.45) is 0 Å². The number of hydrogen-bond acceptors (Lipinski definition) is 3. The van der Waals surface area contributed by atoms with Crippen LogP contribution in [0.5, 0.6) is 0 Å². The highest BCUT2D eigenvalue weighted by Gasteiger charge is 2.13. The minimum absolute atomic E-state index is 0.903. The zero-order chi connectivity index (χ0) is 31.8. The fourth-order valence-electron chi connectivity index (χ4n) is 5.91. The number of hydrogen-bond donors (Lipinski definition) is 0. The van der Waals surface area contributed by atoms with E-state index < -0.39 is 0 Å². The van der Waals surface area contributed by atoms with E-state index in [1.165, 1.54) is 196 Å². The molecule has 0 aliphatic rings. The Kier molecular flexibility index (Phi) is 31.9. The topological polar surface area (TPSA) is 0 Å². The van der Waals surface area contributed by atoms with Crippen LogP contribution in [0, 0.1) is 6.92 Å². The minimum atomic E-state index is 0.903. The second-order valence-corrected chi connectivity index (χ2v) is 16.6. The average Bonchev–Trinajstić information content (AvgIpc) is 3.04. The van der Waals surface area contributed by atoms with Gasteiger partial charge in [-0.3, -0.25) is 0 Å². The van der Waals surface area contributed by atoms with Crippen LogP contribution in [0.1, 0.15) is 200 Å². The predicted molar refractivity (Wildman–Crippen MR) is 209 cm³/mol. The second kappa shape index (κ2) is 33.2. The molecule has 0 saturated carbocycles.